The molecule has 41 heavy (non-hydrogen) atoms. The van der Waals surface area contributed by atoms with Crippen molar-refractivity contribution in [3.05, 3.63) is 108 Å². The SMILES string of the molecule is O=C(OC[C@H]1O[C@@H](N2CCCCNC2=O)[C@H](OC(=O)c2ccccc2)[C@@H]1OC(=O)c1ccccc1)c1ccccc1. The summed E-state index contributed by atoms with van der Waals surface area (Å²) in [5, 5.41) is 2.82. The number of esters is 3. The van der Waals surface area contributed by atoms with Crippen molar-refractivity contribution in [3.63, 3.8) is 0 Å². The molecule has 0 unspecified atom stereocenters. The third-order valence-electron chi connectivity index (χ3n) is 6.85. The van der Waals surface area contributed by atoms with Crippen LogP contribution in [0.4, 0.5) is 4.79 Å². The van der Waals surface area contributed by atoms with Crippen molar-refractivity contribution in [2.75, 3.05) is 19.7 Å². The number of urea groups is 1. The van der Waals surface area contributed by atoms with E-state index in [2.05, 4.69) is 5.32 Å². The van der Waals surface area contributed by atoms with Crippen LogP contribution in [0.25, 0.3) is 0 Å². The number of nitrogens with one attached hydrogen (secondary N) is 1. The standard InChI is InChI=1S/C31H30N2O8/c34-28(21-12-4-1-5-13-21)38-20-24-25(40-29(35)22-14-6-2-7-15-22)26(41-30(36)23-16-8-3-9-17-23)27(39-24)33-19-11-10-18-32-31(33)37/h1-9,12-17,24-27H,10-11,18-20H2,(H,32,37)/t24-,25-,26-,27-/m1/s1. The van der Waals surface area contributed by atoms with Crippen molar-refractivity contribution >= 4 is 23.9 Å². The zero-order valence-corrected chi connectivity index (χ0v) is 22.2. The summed E-state index contributed by atoms with van der Waals surface area (Å²) in [6.45, 7) is 0.499. The Kier molecular flexibility index (Phi) is 8.90. The maximum absolute atomic E-state index is 13.2. The van der Waals surface area contributed by atoms with Crippen molar-refractivity contribution in [1.82, 2.24) is 10.2 Å². The fraction of sp³-hybridized carbons (Fsp3) is 0.290. The normalized spacial score (nSPS) is 22.2. The highest BCUT2D eigenvalue weighted by Crippen LogP contribution is 2.32. The Morgan fingerprint density at radius 3 is 1.80 bits per heavy atom. The van der Waals surface area contributed by atoms with E-state index in [0.717, 1.165) is 6.42 Å². The maximum Gasteiger partial charge on any atom is 0.338 e. The van der Waals surface area contributed by atoms with Crippen LogP contribution in [0, 0.1) is 0 Å². The Balaban J connectivity index is 1.45. The number of ether oxygens (including phenoxy) is 4. The first-order chi connectivity index (χ1) is 20.0. The number of carbonyl (C=O) groups excluding carboxylic acids is 4. The Morgan fingerprint density at radius 2 is 1.24 bits per heavy atom. The molecule has 3 aromatic carbocycles. The van der Waals surface area contributed by atoms with Gasteiger partial charge in [-0.05, 0) is 49.2 Å². The van der Waals surface area contributed by atoms with Gasteiger partial charge in [-0.25, -0.2) is 19.2 Å². The van der Waals surface area contributed by atoms with Gasteiger partial charge in [-0.2, -0.15) is 0 Å². The highest BCUT2D eigenvalue weighted by atomic mass is 16.7. The monoisotopic (exact) mass is 558 g/mol. The molecule has 4 atom stereocenters. The molecule has 0 aromatic heterocycles. The molecule has 212 valence electrons. The van der Waals surface area contributed by atoms with Crippen molar-refractivity contribution in [1.29, 1.82) is 0 Å². The Bertz CT molecular complexity index is 1350. The lowest BCUT2D eigenvalue weighted by atomic mass is 10.1. The summed E-state index contributed by atoms with van der Waals surface area (Å²) in [5.41, 5.74) is 0.883. The summed E-state index contributed by atoms with van der Waals surface area (Å²) >= 11 is 0. The molecular weight excluding hydrogens is 528 g/mol. The number of carbonyl (C=O) groups is 4. The van der Waals surface area contributed by atoms with E-state index in [1.54, 1.807) is 91.0 Å². The zero-order chi connectivity index (χ0) is 28.6. The molecule has 0 aliphatic carbocycles. The molecule has 5 rings (SSSR count). The predicted octanol–water partition coefficient (Wildman–Crippen LogP) is 3.82. The van der Waals surface area contributed by atoms with Gasteiger partial charge < -0.3 is 24.3 Å². The average molecular weight is 559 g/mol. The fourth-order valence-electron chi connectivity index (χ4n) is 4.76. The van der Waals surface area contributed by atoms with Gasteiger partial charge in [0.2, 0.25) is 0 Å². The van der Waals surface area contributed by atoms with Crippen LogP contribution in [-0.4, -0.2) is 73.1 Å². The molecule has 0 spiro atoms. The number of benzene rings is 3. The lowest BCUT2D eigenvalue weighted by Crippen LogP contribution is -2.52. The van der Waals surface area contributed by atoms with Gasteiger partial charge >= 0.3 is 23.9 Å². The highest BCUT2D eigenvalue weighted by molar-refractivity contribution is 5.91. The smallest absolute Gasteiger partial charge is 0.338 e. The quantitative estimate of drug-likeness (QED) is 0.327. The van der Waals surface area contributed by atoms with Crippen LogP contribution in [0.3, 0.4) is 0 Å². The second kappa shape index (κ2) is 13.1. The van der Waals surface area contributed by atoms with Crippen molar-refractivity contribution in [2.45, 2.75) is 37.4 Å². The first-order valence-corrected chi connectivity index (χ1v) is 13.5. The van der Waals surface area contributed by atoms with Gasteiger partial charge in [0, 0.05) is 13.1 Å². The van der Waals surface area contributed by atoms with E-state index in [4.69, 9.17) is 18.9 Å². The van der Waals surface area contributed by atoms with Crippen molar-refractivity contribution in [2.24, 2.45) is 0 Å². The summed E-state index contributed by atoms with van der Waals surface area (Å²) in [6, 6.07) is 24.7. The lowest BCUT2D eigenvalue weighted by molar-refractivity contribution is -0.0845. The number of amides is 2. The predicted molar refractivity (Wildman–Crippen MR) is 146 cm³/mol. The third-order valence-corrected chi connectivity index (χ3v) is 6.85. The summed E-state index contributed by atoms with van der Waals surface area (Å²) in [5.74, 6) is -1.96. The van der Waals surface area contributed by atoms with Gasteiger partial charge in [0.05, 0.1) is 16.7 Å². The minimum Gasteiger partial charge on any atom is -0.459 e. The van der Waals surface area contributed by atoms with Crippen LogP contribution in [0.2, 0.25) is 0 Å². The van der Waals surface area contributed by atoms with Gasteiger partial charge in [0.15, 0.2) is 18.4 Å². The molecule has 0 bridgehead atoms. The molecule has 1 N–H and O–H groups in total. The van der Waals surface area contributed by atoms with Crippen LogP contribution >= 0.6 is 0 Å². The van der Waals surface area contributed by atoms with E-state index in [9.17, 15) is 19.2 Å². The van der Waals surface area contributed by atoms with Crippen LogP contribution in [0.1, 0.15) is 43.9 Å². The number of hydrogen-bond donors (Lipinski definition) is 1. The summed E-state index contributed by atoms with van der Waals surface area (Å²) in [4.78, 5) is 53.6. The minimum atomic E-state index is -1.21. The van der Waals surface area contributed by atoms with Crippen LogP contribution < -0.4 is 5.32 Å². The summed E-state index contributed by atoms with van der Waals surface area (Å²) in [6.07, 6.45) is -3.10. The molecule has 2 heterocycles. The minimum absolute atomic E-state index is 0.275. The largest absolute Gasteiger partial charge is 0.459 e. The molecule has 10 heteroatoms. The van der Waals surface area contributed by atoms with Crippen LogP contribution in [0.5, 0.6) is 0 Å². The average Bonchev–Trinajstić information content (AvgIpc) is 3.18. The highest BCUT2D eigenvalue weighted by Gasteiger charge is 2.53. The van der Waals surface area contributed by atoms with Gasteiger partial charge in [-0.3, -0.25) is 4.90 Å². The van der Waals surface area contributed by atoms with E-state index < -0.39 is 48.5 Å². The number of nitrogens with zero attached hydrogens (tertiary/aromatic N) is 1. The third kappa shape index (κ3) is 6.72. The summed E-state index contributed by atoms with van der Waals surface area (Å²) < 4.78 is 23.6. The molecule has 10 nitrogen and oxygen atoms in total. The molecule has 2 aliphatic rings. The number of hydrogen-bond acceptors (Lipinski definition) is 8. The Labute approximate surface area is 237 Å². The first kappa shape index (κ1) is 27.9. The van der Waals surface area contributed by atoms with Crippen LogP contribution in [0.15, 0.2) is 91.0 Å². The molecule has 2 saturated heterocycles. The molecule has 2 aliphatic heterocycles. The Morgan fingerprint density at radius 1 is 0.732 bits per heavy atom. The molecule has 2 fully saturated rings. The van der Waals surface area contributed by atoms with Crippen LogP contribution in [-0.2, 0) is 18.9 Å². The van der Waals surface area contributed by atoms with Gasteiger partial charge in [-0.1, -0.05) is 54.6 Å². The van der Waals surface area contributed by atoms with E-state index in [1.807, 2.05) is 0 Å². The topological polar surface area (TPSA) is 120 Å². The molecular formula is C31H30N2O8. The van der Waals surface area contributed by atoms with Crippen molar-refractivity contribution < 1.29 is 38.1 Å². The van der Waals surface area contributed by atoms with E-state index in [0.29, 0.717) is 25.1 Å². The van der Waals surface area contributed by atoms with Crippen molar-refractivity contribution in [3.8, 4) is 0 Å². The van der Waals surface area contributed by atoms with Gasteiger partial charge in [0.25, 0.3) is 0 Å². The fourth-order valence-corrected chi connectivity index (χ4v) is 4.76. The van der Waals surface area contributed by atoms with Gasteiger partial charge in [0.1, 0.15) is 12.7 Å². The second-order valence-electron chi connectivity index (χ2n) is 9.63. The summed E-state index contributed by atoms with van der Waals surface area (Å²) in [7, 11) is 0. The molecule has 2 amide bonds. The number of rotatable bonds is 8. The molecule has 0 saturated carbocycles. The second-order valence-corrected chi connectivity index (χ2v) is 9.63. The van der Waals surface area contributed by atoms with E-state index >= 15 is 0 Å². The molecule has 3 aromatic rings. The Hall–Kier alpha value is -4.70. The van der Waals surface area contributed by atoms with E-state index in [-0.39, 0.29) is 17.7 Å². The maximum atomic E-state index is 13.2. The van der Waals surface area contributed by atoms with E-state index in [1.165, 1.54) is 4.90 Å². The molecule has 0 radical (unpaired) electrons. The van der Waals surface area contributed by atoms with Gasteiger partial charge in [-0.15, -0.1) is 0 Å². The zero-order valence-electron chi connectivity index (χ0n) is 22.2. The lowest BCUT2D eigenvalue weighted by Gasteiger charge is -2.31. The first-order valence-electron chi connectivity index (χ1n) is 13.5.